The minimum atomic E-state index is -0.327. The van der Waals surface area contributed by atoms with Gasteiger partial charge in [0, 0.05) is 11.9 Å². The average molecular weight is 272 g/mol. The van der Waals surface area contributed by atoms with E-state index < -0.39 is 0 Å². The van der Waals surface area contributed by atoms with Gasteiger partial charge in [0.15, 0.2) is 0 Å². The Hall–Kier alpha value is -1.42. The molecule has 0 aromatic heterocycles. The van der Waals surface area contributed by atoms with Gasteiger partial charge in [0.1, 0.15) is 11.5 Å². The fraction of sp³-hybridized carbons (Fsp3) is 0.462. The molecule has 2 N–H and O–H groups in total. The number of alkyl halides is 1. The largest absolute Gasteiger partial charge is 0.507 e. The summed E-state index contributed by atoms with van der Waals surface area (Å²) < 4.78 is 5.01. The van der Waals surface area contributed by atoms with Crippen LogP contribution in [0.2, 0.25) is 0 Å². The summed E-state index contributed by atoms with van der Waals surface area (Å²) in [7, 11) is 1.51. The van der Waals surface area contributed by atoms with Crippen molar-refractivity contribution < 1.29 is 14.6 Å². The Morgan fingerprint density at radius 3 is 2.89 bits per heavy atom. The van der Waals surface area contributed by atoms with Crippen molar-refractivity contribution in [1.82, 2.24) is 5.32 Å². The second-order valence-electron chi connectivity index (χ2n) is 3.93. The van der Waals surface area contributed by atoms with Crippen LogP contribution >= 0.6 is 11.6 Å². The molecule has 1 aromatic carbocycles. The Morgan fingerprint density at radius 2 is 2.28 bits per heavy atom. The number of benzene rings is 1. The molecule has 1 amide bonds. The van der Waals surface area contributed by atoms with Crippen LogP contribution < -0.4 is 10.1 Å². The second kappa shape index (κ2) is 7.11. The number of ether oxygens (including phenoxy) is 1. The maximum Gasteiger partial charge on any atom is 0.255 e. The molecule has 0 saturated carbocycles. The first-order valence-electron chi connectivity index (χ1n) is 5.87. The van der Waals surface area contributed by atoms with Gasteiger partial charge < -0.3 is 15.2 Å². The Morgan fingerprint density at radius 1 is 1.56 bits per heavy atom. The fourth-order valence-corrected chi connectivity index (χ4v) is 1.57. The zero-order valence-corrected chi connectivity index (χ0v) is 11.3. The number of rotatable bonds is 6. The molecule has 0 aliphatic carbocycles. The van der Waals surface area contributed by atoms with Crippen LogP contribution in [0.5, 0.6) is 11.5 Å². The lowest BCUT2D eigenvalue weighted by atomic mass is 10.1. The number of phenols is 1. The van der Waals surface area contributed by atoms with E-state index in [0.29, 0.717) is 18.7 Å². The molecule has 1 aromatic rings. The molecule has 1 rings (SSSR count). The molecule has 0 radical (unpaired) electrons. The second-order valence-corrected chi connectivity index (χ2v) is 4.55. The number of halogens is 1. The van der Waals surface area contributed by atoms with Crippen molar-refractivity contribution in [2.45, 2.75) is 25.1 Å². The summed E-state index contributed by atoms with van der Waals surface area (Å²) in [6, 6.07) is 4.53. The van der Waals surface area contributed by atoms with E-state index in [2.05, 4.69) is 5.32 Å². The molecule has 5 heteroatoms. The van der Waals surface area contributed by atoms with Gasteiger partial charge >= 0.3 is 0 Å². The number of aromatic hydroxyl groups is 1. The average Bonchev–Trinajstić information content (AvgIpc) is 2.38. The summed E-state index contributed by atoms with van der Waals surface area (Å²) in [4.78, 5) is 11.8. The summed E-state index contributed by atoms with van der Waals surface area (Å²) in [5, 5.41) is 12.4. The van der Waals surface area contributed by atoms with E-state index in [-0.39, 0.29) is 22.6 Å². The first kappa shape index (κ1) is 14.6. The predicted octanol–water partition coefficient (Wildman–Crippen LogP) is 2.54. The van der Waals surface area contributed by atoms with E-state index in [4.69, 9.17) is 16.3 Å². The van der Waals surface area contributed by atoms with Gasteiger partial charge in [-0.2, -0.15) is 0 Å². The van der Waals surface area contributed by atoms with Gasteiger partial charge in [0.2, 0.25) is 0 Å². The molecule has 0 bridgehead atoms. The third-order valence-corrected chi connectivity index (χ3v) is 3.16. The monoisotopic (exact) mass is 271 g/mol. The molecule has 0 fully saturated rings. The van der Waals surface area contributed by atoms with E-state index >= 15 is 0 Å². The molecular formula is C13H18ClNO3. The van der Waals surface area contributed by atoms with Gasteiger partial charge in [-0.15, -0.1) is 11.6 Å². The summed E-state index contributed by atoms with van der Waals surface area (Å²) in [5.41, 5.74) is 0.206. The van der Waals surface area contributed by atoms with Crippen LogP contribution in [0.3, 0.4) is 0 Å². The summed E-state index contributed by atoms with van der Waals surface area (Å²) >= 11 is 5.95. The smallest absolute Gasteiger partial charge is 0.255 e. The summed E-state index contributed by atoms with van der Waals surface area (Å²) in [6.07, 6.45) is 1.57. The van der Waals surface area contributed by atoms with Crippen molar-refractivity contribution in [1.29, 1.82) is 0 Å². The van der Waals surface area contributed by atoms with Crippen molar-refractivity contribution >= 4 is 17.5 Å². The fourth-order valence-electron chi connectivity index (χ4n) is 1.47. The van der Waals surface area contributed by atoms with Crippen LogP contribution in [0.1, 0.15) is 30.1 Å². The number of hydrogen-bond donors (Lipinski definition) is 2. The summed E-state index contributed by atoms with van der Waals surface area (Å²) in [5.74, 6) is 0.138. The first-order valence-corrected chi connectivity index (χ1v) is 6.31. The lowest BCUT2D eigenvalue weighted by molar-refractivity contribution is 0.0950. The maximum atomic E-state index is 11.8. The van der Waals surface area contributed by atoms with E-state index in [1.807, 2.05) is 6.92 Å². The highest BCUT2D eigenvalue weighted by Gasteiger charge is 2.12. The van der Waals surface area contributed by atoms with Gasteiger partial charge in [-0.25, -0.2) is 0 Å². The van der Waals surface area contributed by atoms with Gasteiger partial charge in [-0.3, -0.25) is 4.79 Å². The molecule has 0 aliphatic rings. The quantitative estimate of drug-likeness (QED) is 0.782. The van der Waals surface area contributed by atoms with Crippen LogP contribution in [-0.2, 0) is 0 Å². The zero-order valence-electron chi connectivity index (χ0n) is 10.6. The molecule has 0 spiro atoms. The van der Waals surface area contributed by atoms with Gasteiger partial charge in [0.25, 0.3) is 5.91 Å². The minimum Gasteiger partial charge on any atom is -0.507 e. The highest BCUT2D eigenvalue weighted by molar-refractivity contribution is 6.20. The Bertz CT molecular complexity index is 409. The zero-order chi connectivity index (χ0) is 13.5. The Balaban J connectivity index is 2.61. The van der Waals surface area contributed by atoms with Crippen molar-refractivity contribution in [2.75, 3.05) is 13.7 Å². The third kappa shape index (κ3) is 4.11. The number of carbonyl (C=O) groups is 1. The van der Waals surface area contributed by atoms with Crippen molar-refractivity contribution in [3.8, 4) is 11.5 Å². The van der Waals surface area contributed by atoms with Gasteiger partial charge in [-0.05, 0) is 31.0 Å². The number of methoxy groups -OCH3 is 1. The maximum absolute atomic E-state index is 11.8. The Labute approximate surface area is 112 Å². The van der Waals surface area contributed by atoms with E-state index in [1.165, 1.54) is 19.2 Å². The standard InChI is InChI=1S/C13H18ClNO3/c1-3-9(14)6-7-15-13(17)11-8-10(18-2)4-5-12(11)16/h4-5,8-9,16H,3,6-7H2,1-2H3,(H,15,17). The highest BCUT2D eigenvalue weighted by atomic mass is 35.5. The van der Waals surface area contributed by atoms with Crippen molar-refractivity contribution in [2.24, 2.45) is 0 Å². The predicted molar refractivity (Wildman–Crippen MR) is 71.5 cm³/mol. The Kier molecular flexibility index (Phi) is 5.78. The molecule has 1 atom stereocenters. The number of hydrogen-bond acceptors (Lipinski definition) is 3. The highest BCUT2D eigenvalue weighted by Crippen LogP contribution is 2.22. The van der Waals surface area contributed by atoms with Gasteiger partial charge in [0.05, 0.1) is 12.7 Å². The van der Waals surface area contributed by atoms with Crippen LogP contribution in [0, 0.1) is 0 Å². The van der Waals surface area contributed by atoms with Crippen LogP contribution in [0.15, 0.2) is 18.2 Å². The molecule has 18 heavy (non-hydrogen) atoms. The lowest BCUT2D eigenvalue weighted by Gasteiger charge is -2.10. The molecular weight excluding hydrogens is 254 g/mol. The van der Waals surface area contributed by atoms with Crippen LogP contribution in [-0.4, -0.2) is 30.0 Å². The summed E-state index contributed by atoms with van der Waals surface area (Å²) in [6.45, 7) is 2.48. The van der Waals surface area contributed by atoms with E-state index in [9.17, 15) is 9.90 Å². The number of carbonyl (C=O) groups excluding carboxylic acids is 1. The number of phenolic OH excluding ortho intramolecular Hbond substituents is 1. The minimum absolute atomic E-state index is 0.0595. The van der Waals surface area contributed by atoms with E-state index in [0.717, 1.165) is 6.42 Å². The number of nitrogens with one attached hydrogen (secondary N) is 1. The molecule has 1 unspecified atom stereocenters. The number of amides is 1. The lowest BCUT2D eigenvalue weighted by Crippen LogP contribution is -2.26. The first-order chi connectivity index (χ1) is 8.58. The van der Waals surface area contributed by atoms with Crippen LogP contribution in [0.25, 0.3) is 0 Å². The molecule has 100 valence electrons. The normalized spacial score (nSPS) is 11.9. The van der Waals surface area contributed by atoms with Crippen molar-refractivity contribution in [3.05, 3.63) is 23.8 Å². The van der Waals surface area contributed by atoms with Crippen molar-refractivity contribution in [3.63, 3.8) is 0 Å². The van der Waals surface area contributed by atoms with E-state index in [1.54, 1.807) is 6.07 Å². The third-order valence-electron chi connectivity index (χ3n) is 2.63. The molecule has 4 nitrogen and oxygen atoms in total. The van der Waals surface area contributed by atoms with Gasteiger partial charge in [-0.1, -0.05) is 6.92 Å². The topological polar surface area (TPSA) is 58.6 Å². The SMILES string of the molecule is CCC(Cl)CCNC(=O)c1cc(OC)ccc1O. The molecule has 0 saturated heterocycles. The molecule has 0 aliphatic heterocycles. The van der Waals surface area contributed by atoms with Crippen LogP contribution in [0.4, 0.5) is 0 Å². The molecule has 0 heterocycles.